The van der Waals surface area contributed by atoms with E-state index in [-0.39, 0.29) is 18.0 Å². The second-order valence-electron chi connectivity index (χ2n) is 6.19. The van der Waals surface area contributed by atoms with Crippen LogP contribution in [-0.2, 0) is 11.3 Å². The monoisotopic (exact) mass is 463 g/mol. The number of thiocarbonyl (C=S) groups is 1. The van der Waals surface area contributed by atoms with Crippen molar-refractivity contribution in [1.29, 1.82) is 0 Å². The van der Waals surface area contributed by atoms with E-state index < -0.39 is 0 Å². The number of halogens is 1. The molecule has 0 unspecified atom stereocenters. The number of benzene rings is 2. The zero-order chi connectivity index (χ0) is 19.7. The summed E-state index contributed by atoms with van der Waals surface area (Å²) in [6.45, 7) is 0.695. The van der Waals surface area contributed by atoms with E-state index in [2.05, 4.69) is 26.8 Å². The Hall–Kier alpha value is -2.49. The van der Waals surface area contributed by atoms with E-state index >= 15 is 0 Å². The van der Waals surface area contributed by atoms with E-state index in [9.17, 15) is 0 Å². The maximum absolute atomic E-state index is 6.27. The molecule has 9 heteroatoms. The Bertz CT molecular complexity index is 966. The number of hydrogen-bond acceptors (Lipinski definition) is 6. The van der Waals surface area contributed by atoms with Crippen molar-refractivity contribution in [3.8, 4) is 17.2 Å². The standard InChI is InChI=1S/C19H18BrN3O4S/c1-24-12-2-3-16-13(6-12)15(22-23-19(21)28)7-17(27-16)14-5-11(20)4-10-8-25-9-26-18(10)14/h2-7,17,22H,8-9H2,1H3,(H3,21,23,28)/t17-/m0/s1. The van der Waals surface area contributed by atoms with Gasteiger partial charge in [0.25, 0.3) is 0 Å². The first-order chi connectivity index (χ1) is 13.5. The number of methoxy groups -OCH3 is 1. The van der Waals surface area contributed by atoms with Gasteiger partial charge in [-0.15, -0.1) is 0 Å². The summed E-state index contributed by atoms with van der Waals surface area (Å²) in [4.78, 5) is 0. The first-order valence-corrected chi connectivity index (χ1v) is 9.66. The highest BCUT2D eigenvalue weighted by molar-refractivity contribution is 9.10. The van der Waals surface area contributed by atoms with Gasteiger partial charge in [0.1, 0.15) is 23.4 Å². The predicted molar refractivity (Wildman–Crippen MR) is 112 cm³/mol. The van der Waals surface area contributed by atoms with E-state index in [1.807, 2.05) is 36.4 Å². The fourth-order valence-corrected chi connectivity index (χ4v) is 3.75. The van der Waals surface area contributed by atoms with Crippen molar-refractivity contribution in [2.24, 2.45) is 5.73 Å². The molecule has 0 spiro atoms. The molecule has 146 valence electrons. The number of nitrogens with two attached hydrogens (primary N) is 1. The molecule has 7 nitrogen and oxygen atoms in total. The van der Waals surface area contributed by atoms with Crippen LogP contribution >= 0.6 is 28.1 Å². The number of hydrazine groups is 1. The summed E-state index contributed by atoms with van der Waals surface area (Å²) in [6, 6.07) is 9.56. The molecule has 0 aliphatic carbocycles. The Kier molecular flexibility index (Phi) is 5.29. The van der Waals surface area contributed by atoms with Gasteiger partial charge in [-0.3, -0.25) is 10.9 Å². The van der Waals surface area contributed by atoms with Crippen LogP contribution in [0.3, 0.4) is 0 Å². The van der Waals surface area contributed by atoms with Gasteiger partial charge in [-0.05, 0) is 48.6 Å². The first kappa shape index (κ1) is 18.9. The average Bonchev–Trinajstić information content (AvgIpc) is 2.70. The second kappa shape index (κ2) is 7.86. The topological polar surface area (TPSA) is 87.0 Å². The largest absolute Gasteiger partial charge is 0.497 e. The molecule has 2 heterocycles. The molecule has 28 heavy (non-hydrogen) atoms. The van der Waals surface area contributed by atoms with E-state index in [1.54, 1.807) is 7.11 Å². The SMILES string of the molecule is COc1ccc2c(c1)C(NNC(N)=S)=C[C@@H](c1cc(Br)cc3c1OCOC3)O2. The van der Waals surface area contributed by atoms with Crippen molar-refractivity contribution >= 4 is 39.0 Å². The zero-order valence-corrected chi connectivity index (χ0v) is 17.4. The maximum atomic E-state index is 6.27. The summed E-state index contributed by atoms with van der Waals surface area (Å²) in [7, 11) is 1.62. The molecule has 0 aromatic heterocycles. The third-order valence-corrected chi connectivity index (χ3v) is 4.94. The highest BCUT2D eigenvalue weighted by Gasteiger charge is 2.28. The Morgan fingerprint density at radius 2 is 2.18 bits per heavy atom. The van der Waals surface area contributed by atoms with Gasteiger partial charge in [0, 0.05) is 21.2 Å². The summed E-state index contributed by atoms with van der Waals surface area (Å²) < 4.78 is 23.7. The van der Waals surface area contributed by atoms with Gasteiger partial charge in [-0.1, -0.05) is 15.9 Å². The lowest BCUT2D eigenvalue weighted by molar-refractivity contribution is -0.0179. The molecule has 0 saturated heterocycles. The number of fused-ring (bicyclic) bond motifs is 2. The van der Waals surface area contributed by atoms with Crippen molar-refractivity contribution in [3.05, 3.63) is 57.6 Å². The molecular formula is C19H18BrN3O4S. The average molecular weight is 464 g/mol. The number of hydrogen-bond donors (Lipinski definition) is 3. The van der Waals surface area contributed by atoms with Gasteiger partial charge in [0.05, 0.1) is 19.4 Å². The van der Waals surface area contributed by atoms with Gasteiger partial charge in [-0.25, -0.2) is 0 Å². The molecule has 2 aliphatic rings. The van der Waals surface area contributed by atoms with E-state index in [0.717, 1.165) is 32.6 Å². The minimum Gasteiger partial charge on any atom is -0.497 e. The molecule has 0 saturated carbocycles. The first-order valence-electron chi connectivity index (χ1n) is 8.46. The summed E-state index contributed by atoms with van der Waals surface area (Å²) in [5.74, 6) is 2.18. The van der Waals surface area contributed by atoms with E-state index in [4.69, 9.17) is 36.9 Å². The van der Waals surface area contributed by atoms with Gasteiger partial charge in [0.2, 0.25) is 0 Å². The van der Waals surface area contributed by atoms with Crippen LogP contribution in [0.15, 0.2) is 40.9 Å². The van der Waals surface area contributed by atoms with Gasteiger partial charge in [0.15, 0.2) is 11.9 Å². The van der Waals surface area contributed by atoms with E-state index in [0.29, 0.717) is 18.1 Å². The molecule has 1 atom stereocenters. The Balaban J connectivity index is 1.78. The van der Waals surface area contributed by atoms with Crippen LogP contribution in [0.4, 0.5) is 0 Å². The Morgan fingerprint density at radius 3 is 2.96 bits per heavy atom. The predicted octanol–water partition coefficient (Wildman–Crippen LogP) is 3.14. The quantitative estimate of drug-likeness (QED) is 0.470. The van der Waals surface area contributed by atoms with Crippen LogP contribution in [0.25, 0.3) is 5.70 Å². The molecule has 4 rings (SSSR count). The Labute approximate surface area is 175 Å². The molecule has 0 bridgehead atoms. The molecule has 0 fully saturated rings. The number of nitrogens with one attached hydrogen (secondary N) is 2. The maximum Gasteiger partial charge on any atom is 0.189 e. The van der Waals surface area contributed by atoms with Gasteiger partial charge < -0.3 is 24.7 Å². The highest BCUT2D eigenvalue weighted by Crippen LogP contribution is 2.43. The summed E-state index contributed by atoms with van der Waals surface area (Å²) in [5, 5.41) is 0.133. The smallest absolute Gasteiger partial charge is 0.189 e. The minimum atomic E-state index is -0.388. The third-order valence-electron chi connectivity index (χ3n) is 4.38. The summed E-state index contributed by atoms with van der Waals surface area (Å²) >= 11 is 8.47. The van der Waals surface area contributed by atoms with E-state index in [1.165, 1.54) is 0 Å². The van der Waals surface area contributed by atoms with Crippen LogP contribution in [0.2, 0.25) is 0 Å². The molecule has 2 aromatic carbocycles. The summed E-state index contributed by atoms with van der Waals surface area (Å²) in [5.41, 5.74) is 14.8. The Morgan fingerprint density at radius 1 is 1.32 bits per heavy atom. The zero-order valence-electron chi connectivity index (χ0n) is 15.0. The molecular weight excluding hydrogens is 446 g/mol. The second-order valence-corrected chi connectivity index (χ2v) is 7.54. The fraction of sp³-hybridized carbons (Fsp3) is 0.211. The van der Waals surface area contributed by atoms with Gasteiger partial charge >= 0.3 is 0 Å². The third kappa shape index (κ3) is 3.73. The lowest BCUT2D eigenvalue weighted by Crippen LogP contribution is -2.40. The normalized spacial score (nSPS) is 17.2. The van der Waals surface area contributed by atoms with Crippen molar-refractivity contribution in [3.63, 3.8) is 0 Å². The van der Waals surface area contributed by atoms with Crippen molar-refractivity contribution in [2.45, 2.75) is 12.7 Å². The molecule has 0 radical (unpaired) electrons. The van der Waals surface area contributed by atoms with Crippen LogP contribution in [0, 0.1) is 0 Å². The lowest BCUT2D eigenvalue weighted by Gasteiger charge is -2.29. The molecule has 2 aliphatic heterocycles. The van der Waals surface area contributed by atoms with Crippen LogP contribution < -0.4 is 30.8 Å². The fourth-order valence-electron chi connectivity index (χ4n) is 3.17. The number of rotatable bonds is 4. The molecule has 4 N–H and O–H groups in total. The molecule has 0 amide bonds. The highest BCUT2D eigenvalue weighted by atomic mass is 79.9. The minimum absolute atomic E-state index is 0.133. The van der Waals surface area contributed by atoms with Gasteiger partial charge in [-0.2, -0.15) is 0 Å². The summed E-state index contributed by atoms with van der Waals surface area (Å²) in [6.07, 6.45) is 1.55. The van der Waals surface area contributed by atoms with Crippen LogP contribution in [-0.4, -0.2) is 19.0 Å². The lowest BCUT2D eigenvalue weighted by atomic mass is 9.98. The van der Waals surface area contributed by atoms with Crippen LogP contribution in [0.5, 0.6) is 17.2 Å². The van der Waals surface area contributed by atoms with Crippen molar-refractivity contribution in [2.75, 3.05) is 13.9 Å². The van der Waals surface area contributed by atoms with Crippen molar-refractivity contribution < 1.29 is 18.9 Å². The van der Waals surface area contributed by atoms with Crippen LogP contribution in [0.1, 0.15) is 22.8 Å². The van der Waals surface area contributed by atoms with Crippen molar-refractivity contribution in [1.82, 2.24) is 10.9 Å². The molecule has 2 aromatic rings. The number of ether oxygens (including phenoxy) is 4.